The summed E-state index contributed by atoms with van der Waals surface area (Å²) in [5.41, 5.74) is 2.26. The Morgan fingerprint density at radius 2 is 1.95 bits per heavy atom. The highest BCUT2D eigenvalue weighted by atomic mass is 15.3. The molecule has 2 heteroatoms. The molecule has 1 atom stereocenters. The second-order valence-corrected chi connectivity index (χ2v) is 5.80. The monoisotopic (exact) mass is 260 g/mol. The van der Waals surface area contributed by atoms with Gasteiger partial charge in [-0.05, 0) is 24.8 Å². The van der Waals surface area contributed by atoms with Crippen molar-refractivity contribution < 1.29 is 0 Å². The van der Waals surface area contributed by atoms with Crippen LogP contribution < -0.4 is 0 Å². The lowest BCUT2D eigenvalue weighted by Crippen LogP contribution is -2.25. The van der Waals surface area contributed by atoms with E-state index in [4.69, 9.17) is 6.42 Å². The molecule has 1 aromatic rings. The molecule has 0 aromatic carbocycles. The summed E-state index contributed by atoms with van der Waals surface area (Å²) in [6, 6.07) is 2.09. The molecule has 0 saturated heterocycles. The fourth-order valence-corrected chi connectivity index (χ4v) is 2.98. The molecule has 0 fully saturated rings. The predicted octanol–water partition coefficient (Wildman–Crippen LogP) is 4.43. The summed E-state index contributed by atoms with van der Waals surface area (Å²) >= 11 is 0. The van der Waals surface area contributed by atoms with Crippen molar-refractivity contribution in [2.75, 3.05) is 0 Å². The molecule has 2 nitrogen and oxygen atoms in total. The highest BCUT2D eigenvalue weighted by Crippen LogP contribution is 2.34. The molecule has 1 aromatic heterocycles. The Balaban J connectivity index is 2.84. The van der Waals surface area contributed by atoms with Crippen molar-refractivity contribution in [2.24, 2.45) is 7.05 Å². The van der Waals surface area contributed by atoms with Gasteiger partial charge in [-0.25, -0.2) is 0 Å². The van der Waals surface area contributed by atoms with Crippen LogP contribution in [0.2, 0.25) is 0 Å². The van der Waals surface area contributed by atoms with E-state index in [1.54, 1.807) is 0 Å². The summed E-state index contributed by atoms with van der Waals surface area (Å²) in [5, 5.41) is 4.40. The summed E-state index contributed by atoms with van der Waals surface area (Å²) in [7, 11) is 2.01. The maximum absolute atomic E-state index is 5.46. The Kier molecular flexibility index (Phi) is 6.15. The molecule has 0 bridgehead atoms. The number of nitrogens with zero attached hydrogens (tertiary/aromatic N) is 2. The second-order valence-electron chi connectivity index (χ2n) is 5.80. The third kappa shape index (κ3) is 4.13. The molecule has 0 radical (unpaired) electrons. The van der Waals surface area contributed by atoms with Gasteiger partial charge in [0.15, 0.2) is 0 Å². The van der Waals surface area contributed by atoms with Gasteiger partial charge in [-0.15, -0.1) is 6.42 Å². The third-order valence-electron chi connectivity index (χ3n) is 4.03. The van der Waals surface area contributed by atoms with Gasteiger partial charge in [0.05, 0.1) is 0 Å². The minimum Gasteiger partial charge on any atom is -0.271 e. The fraction of sp³-hybridized carbons (Fsp3) is 0.706. The van der Waals surface area contributed by atoms with E-state index < -0.39 is 0 Å². The number of rotatable bonds is 8. The van der Waals surface area contributed by atoms with Gasteiger partial charge in [0.25, 0.3) is 0 Å². The van der Waals surface area contributed by atoms with E-state index in [-0.39, 0.29) is 5.41 Å². The summed E-state index contributed by atoms with van der Waals surface area (Å²) in [6.07, 6.45) is 14.3. The first-order valence-electron chi connectivity index (χ1n) is 7.58. The number of aryl methyl sites for hydroxylation is 1. The zero-order valence-corrected chi connectivity index (χ0v) is 13.0. The van der Waals surface area contributed by atoms with Gasteiger partial charge in [-0.3, -0.25) is 4.68 Å². The highest BCUT2D eigenvalue weighted by molar-refractivity contribution is 5.29. The third-order valence-corrected chi connectivity index (χ3v) is 4.03. The molecule has 0 aliphatic carbocycles. The van der Waals surface area contributed by atoms with E-state index in [1.165, 1.54) is 50.6 Å². The molecule has 1 rings (SSSR count). The van der Waals surface area contributed by atoms with Gasteiger partial charge in [0.1, 0.15) is 5.69 Å². The second kappa shape index (κ2) is 7.38. The lowest BCUT2D eigenvalue weighted by Gasteiger charge is -2.29. The van der Waals surface area contributed by atoms with E-state index in [1.807, 2.05) is 11.7 Å². The summed E-state index contributed by atoms with van der Waals surface area (Å²) in [6.45, 7) is 6.87. The number of terminal acetylenes is 1. The largest absolute Gasteiger partial charge is 0.271 e. The normalized spacial score (nSPS) is 14.1. The van der Waals surface area contributed by atoms with Crippen LogP contribution in [-0.2, 0) is 12.5 Å². The van der Waals surface area contributed by atoms with Gasteiger partial charge in [0, 0.05) is 18.2 Å². The summed E-state index contributed by atoms with van der Waals surface area (Å²) in [5.74, 6) is 2.65. The zero-order chi connectivity index (χ0) is 14.3. The average molecular weight is 260 g/mol. The van der Waals surface area contributed by atoms with Crippen molar-refractivity contribution in [1.82, 2.24) is 9.78 Å². The molecule has 1 unspecified atom stereocenters. The molecule has 1 heterocycles. The Morgan fingerprint density at radius 1 is 1.21 bits per heavy atom. The molecule has 0 aliphatic heterocycles. The SMILES string of the molecule is C#Cc1cc(C(C)(CCC)CCCCCC)n(C)n1. The Bertz CT molecular complexity index is 425. The van der Waals surface area contributed by atoms with Crippen LogP contribution in [0.1, 0.15) is 77.1 Å². The van der Waals surface area contributed by atoms with Crippen molar-refractivity contribution in [3.05, 3.63) is 17.5 Å². The van der Waals surface area contributed by atoms with E-state index >= 15 is 0 Å². The molecule has 0 N–H and O–H groups in total. The Hall–Kier alpha value is -1.23. The van der Waals surface area contributed by atoms with Crippen LogP contribution in [0.5, 0.6) is 0 Å². The van der Waals surface area contributed by atoms with E-state index in [9.17, 15) is 0 Å². The van der Waals surface area contributed by atoms with Crippen molar-refractivity contribution in [3.63, 3.8) is 0 Å². The van der Waals surface area contributed by atoms with Crippen LogP contribution in [0.4, 0.5) is 0 Å². The predicted molar refractivity (Wildman–Crippen MR) is 82.2 cm³/mol. The number of hydrogen-bond acceptors (Lipinski definition) is 1. The minimum absolute atomic E-state index is 0.208. The van der Waals surface area contributed by atoms with E-state index in [0.29, 0.717) is 0 Å². The van der Waals surface area contributed by atoms with Crippen LogP contribution >= 0.6 is 0 Å². The number of unbranched alkanes of at least 4 members (excludes halogenated alkanes) is 3. The van der Waals surface area contributed by atoms with Crippen molar-refractivity contribution >= 4 is 0 Å². The topological polar surface area (TPSA) is 17.8 Å². The molecule has 0 amide bonds. The molecular weight excluding hydrogens is 232 g/mol. The quantitative estimate of drug-likeness (QED) is 0.499. The molecular formula is C17H28N2. The van der Waals surface area contributed by atoms with E-state index in [2.05, 4.69) is 37.9 Å². The lowest BCUT2D eigenvalue weighted by atomic mass is 9.77. The average Bonchev–Trinajstić information content (AvgIpc) is 2.77. The molecule has 19 heavy (non-hydrogen) atoms. The first-order chi connectivity index (χ1) is 9.07. The Labute approximate surface area is 118 Å². The molecule has 0 spiro atoms. The Morgan fingerprint density at radius 3 is 2.47 bits per heavy atom. The van der Waals surface area contributed by atoms with Crippen LogP contribution in [0.15, 0.2) is 6.07 Å². The summed E-state index contributed by atoms with van der Waals surface area (Å²) < 4.78 is 1.98. The van der Waals surface area contributed by atoms with Gasteiger partial charge >= 0.3 is 0 Å². The first-order valence-corrected chi connectivity index (χ1v) is 7.58. The van der Waals surface area contributed by atoms with Gasteiger partial charge < -0.3 is 0 Å². The number of aromatic nitrogens is 2. The smallest absolute Gasteiger partial charge is 0.135 e. The standard InChI is InChI=1S/C17H28N2/c1-6-9-10-11-13-17(4,12-7-2)16-14-15(8-3)18-19(16)5/h3,14H,6-7,9-13H2,1-2,4-5H3. The van der Waals surface area contributed by atoms with Crippen molar-refractivity contribution in [3.8, 4) is 12.3 Å². The van der Waals surface area contributed by atoms with Gasteiger partial charge in [-0.2, -0.15) is 5.10 Å². The minimum atomic E-state index is 0.208. The lowest BCUT2D eigenvalue weighted by molar-refractivity contribution is 0.353. The summed E-state index contributed by atoms with van der Waals surface area (Å²) in [4.78, 5) is 0. The fourth-order valence-electron chi connectivity index (χ4n) is 2.98. The van der Waals surface area contributed by atoms with Gasteiger partial charge in [-0.1, -0.05) is 52.9 Å². The van der Waals surface area contributed by atoms with Crippen LogP contribution in [0, 0.1) is 12.3 Å². The van der Waals surface area contributed by atoms with Crippen molar-refractivity contribution in [1.29, 1.82) is 0 Å². The van der Waals surface area contributed by atoms with Crippen LogP contribution in [0.25, 0.3) is 0 Å². The maximum atomic E-state index is 5.46. The van der Waals surface area contributed by atoms with Gasteiger partial charge in [0.2, 0.25) is 0 Å². The van der Waals surface area contributed by atoms with E-state index in [0.717, 1.165) is 5.69 Å². The maximum Gasteiger partial charge on any atom is 0.135 e. The molecule has 0 saturated carbocycles. The number of hydrogen-bond donors (Lipinski definition) is 0. The van der Waals surface area contributed by atoms with Crippen LogP contribution in [0.3, 0.4) is 0 Å². The van der Waals surface area contributed by atoms with Crippen molar-refractivity contribution in [2.45, 2.75) is 71.1 Å². The molecule has 0 aliphatic rings. The zero-order valence-electron chi connectivity index (χ0n) is 13.0. The molecule has 106 valence electrons. The first kappa shape index (κ1) is 15.8. The highest BCUT2D eigenvalue weighted by Gasteiger charge is 2.28. The van der Waals surface area contributed by atoms with Crippen LogP contribution in [-0.4, -0.2) is 9.78 Å².